The molecular weight excluding hydrogens is 858 g/mol. The highest BCUT2D eigenvalue weighted by Crippen LogP contribution is 2.43. The average molecular weight is 960 g/mol. The van der Waals surface area contributed by atoms with Crippen LogP contribution in [0.2, 0.25) is 0 Å². The van der Waals surface area contributed by atoms with Gasteiger partial charge in [0.2, 0.25) is 0 Å². The molecule has 9 nitrogen and oxygen atoms in total. The van der Waals surface area contributed by atoms with Crippen LogP contribution in [0, 0.1) is 0 Å². The summed E-state index contributed by atoms with van der Waals surface area (Å²) in [6, 6.07) is 0. The van der Waals surface area contributed by atoms with Crippen molar-refractivity contribution >= 4 is 19.8 Å². The normalized spacial score (nSPS) is 13.7. The number of unbranched alkanes of at least 4 members (excludes halogenated alkanes) is 26. The van der Waals surface area contributed by atoms with Gasteiger partial charge in [-0.15, -0.1) is 0 Å². The second kappa shape index (κ2) is 52.8. The highest BCUT2D eigenvalue weighted by Gasteiger charge is 2.26. The number of ether oxygens (including phenoxy) is 2. The number of nitrogens with two attached hydrogens (primary N) is 1. The Morgan fingerprint density at radius 1 is 0.463 bits per heavy atom. The molecule has 0 saturated carbocycles. The number of phosphoric acid groups is 1. The van der Waals surface area contributed by atoms with Gasteiger partial charge in [0.05, 0.1) is 13.2 Å². The van der Waals surface area contributed by atoms with E-state index in [9.17, 15) is 19.0 Å². The molecule has 0 fully saturated rings. The lowest BCUT2D eigenvalue weighted by Gasteiger charge is -2.19. The molecule has 0 radical (unpaired) electrons. The van der Waals surface area contributed by atoms with Crippen molar-refractivity contribution in [1.82, 2.24) is 0 Å². The van der Waals surface area contributed by atoms with E-state index in [4.69, 9.17) is 24.3 Å². The Bertz CT molecular complexity index is 1320. The lowest BCUT2D eigenvalue weighted by molar-refractivity contribution is -0.161. The summed E-state index contributed by atoms with van der Waals surface area (Å²) < 4.78 is 32.9. The largest absolute Gasteiger partial charge is 0.472 e. The summed E-state index contributed by atoms with van der Waals surface area (Å²) in [5.41, 5.74) is 5.36. The minimum Gasteiger partial charge on any atom is -0.462 e. The first-order valence-corrected chi connectivity index (χ1v) is 28.9. The molecule has 0 aromatic carbocycles. The third-order valence-corrected chi connectivity index (χ3v) is 12.6. The maximum atomic E-state index is 12.7. The molecule has 0 aromatic heterocycles. The van der Waals surface area contributed by atoms with Gasteiger partial charge in [-0.3, -0.25) is 18.6 Å². The number of rotatable bonds is 51. The molecule has 3 N–H and O–H groups in total. The quantitative estimate of drug-likeness (QED) is 0.0264. The minimum atomic E-state index is -4.38. The number of carbonyl (C=O) groups is 2. The fraction of sp³-hybridized carbons (Fsp3) is 0.754. The van der Waals surface area contributed by atoms with Crippen LogP contribution in [0.15, 0.2) is 72.9 Å². The molecule has 388 valence electrons. The van der Waals surface area contributed by atoms with Gasteiger partial charge >= 0.3 is 19.8 Å². The van der Waals surface area contributed by atoms with Crippen LogP contribution in [-0.4, -0.2) is 49.3 Å². The van der Waals surface area contributed by atoms with Crippen molar-refractivity contribution in [3.63, 3.8) is 0 Å². The van der Waals surface area contributed by atoms with Gasteiger partial charge in [0, 0.05) is 19.4 Å². The maximum Gasteiger partial charge on any atom is 0.472 e. The van der Waals surface area contributed by atoms with E-state index in [-0.39, 0.29) is 38.6 Å². The Balaban J connectivity index is 3.86. The molecule has 0 aliphatic heterocycles. The van der Waals surface area contributed by atoms with Gasteiger partial charge in [-0.05, 0) is 64.2 Å². The standard InChI is InChI=1S/C57H102NO8P/c1-3-5-7-9-11-13-15-16-17-18-19-20-21-22-23-24-25-26-27-28-29-30-31-32-33-34-35-36-37-38-40-42-44-46-48-50-57(60)66-55(54-65-67(61,62)64-52-51-58)53-63-56(59)49-47-45-43-41-39-14-12-10-8-6-4-2/h5,7,11,13,16-17,19-20,22-23,25-26,55H,3-4,6,8-10,12,14-15,18,21,24,27-54,58H2,1-2H3,(H,61,62)/b7-5-,13-11-,17-16-,20-19-,23-22-,26-25-. The topological polar surface area (TPSA) is 134 Å². The second-order valence-corrected chi connectivity index (χ2v) is 19.5. The lowest BCUT2D eigenvalue weighted by atomic mass is 10.0. The van der Waals surface area contributed by atoms with E-state index in [1.54, 1.807) is 0 Å². The SMILES string of the molecule is CC/C=C\C/C=C\C/C=C\C/C=C\C/C=C\C/C=C\CCCCCCCCCCCCCCCCCCC(=O)OC(COC(=O)CCCCCCCCCCCCC)COP(=O)(O)OCCN. The number of hydrogen-bond donors (Lipinski definition) is 2. The molecule has 2 atom stereocenters. The number of esters is 2. The lowest BCUT2D eigenvalue weighted by Crippen LogP contribution is -2.29. The van der Waals surface area contributed by atoms with E-state index in [0.717, 1.165) is 77.0 Å². The number of phosphoric ester groups is 1. The smallest absolute Gasteiger partial charge is 0.462 e. The summed E-state index contributed by atoms with van der Waals surface area (Å²) in [6.07, 6.45) is 66.8. The summed E-state index contributed by atoms with van der Waals surface area (Å²) in [5, 5.41) is 0. The zero-order valence-corrected chi connectivity index (χ0v) is 44.0. The molecule has 0 aliphatic carbocycles. The van der Waals surface area contributed by atoms with Gasteiger partial charge in [-0.2, -0.15) is 0 Å². The van der Waals surface area contributed by atoms with Gasteiger partial charge in [0.15, 0.2) is 6.10 Å². The molecular formula is C57H102NO8P. The Morgan fingerprint density at radius 2 is 0.821 bits per heavy atom. The Hall–Kier alpha value is -2.55. The number of allylic oxidation sites excluding steroid dienone is 12. The van der Waals surface area contributed by atoms with Gasteiger partial charge in [-0.1, -0.05) is 241 Å². The maximum absolute atomic E-state index is 12.7. The molecule has 0 aliphatic rings. The zero-order chi connectivity index (χ0) is 48.8. The van der Waals surface area contributed by atoms with Gasteiger partial charge in [0.1, 0.15) is 6.61 Å². The van der Waals surface area contributed by atoms with Crippen molar-refractivity contribution in [3.05, 3.63) is 72.9 Å². The van der Waals surface area contributed by atoms with Crippen LogP contribution in [0.25, 0.3) is 0 Å². The molecule has 0 aromatic rings. The molecule has 0 rings (SSSR count). The monoisotopic (exact) mass is 960 g/mol. The van der Waals surface area contributed by atoms with Crippen LogP contribution in [-0.2, 0) is 32.7 Å². The van der Waals surface area contributed by atoms with Crippen molar-refractivity contribution in [2.45, 2.75) is 251 Å². The fourth-order valence-electron chi connectivity index (χ4n) is 7.58. The van der Waals surface area contributed by atoms with Crippen molar-refractivity contribution in [3.8, 4) is 0 Å². The van der Waals surface area contributed by atoms with Crippen LogP contribution in [0.5, 0.6) is 0 Å². The van der Waals surface area contributed by atoms with E-state index < -0.39 is 26.5 Å². The van der Waals surface area contributed by atoms with E-state index in [1.807, 2.05) is 0 Å². The number of hydrogen-bond acceptors (Lipinski definition) is 8. The second-order valence-electron chi connectivity index (χ2n) is 18.1. The fourth-order valence-corrected chi connectivity index (χ4v) is 8.35. The highest BCUT2D eigenvalue weighted by atomic mass is 31.2. The van der Waals surface area contributed by atoms with E-state index >= 15 is 0 Å². The summed E-state index contributed by atoms with van der Waals surface area (Å²) in [7, 11) is -4.38. The average Bonchev–Trinajstić information content (AvgIpc) is 3.32. The van der Waals surface area contributed by atoms with Gasteiger partial charge < -0.3 is 20.1 Å². The molecule has 67 heavy (non-hydrogen) atoms. The zero-order valence-electron chi connectivity index (χ0n) is 43.1. The third kappa shape index (κ3) is 52.7. The van der Waals surface area contributed by atoms with Crippen molar-refractivity contribution in [1.29, 1.82) is 0 Å². The van der Waals surface area contributed by atoms with Crippen molar-refractivity contribution < 1.29 is 37.6 Å². The molecule has 2 unspecified atom stereocenters. The van der Waals surface area contributed by atoms with Crippen LogP contribution in [0.3, 0.4) is 0 Å². The van der Waals surface area contributed by atoms with Crippen LogP contribution >= 0.6 is 7.82 Å². The molecule has 0 amide bonds. The van der Waals surface area contributed by atoms with E-state index in [2.05, 4.69) is 86.8 Å². The van der Waals surface area contributed by atoms with E-state index in [1.165, 1.54) is 135 Å². The Labute approximate surface area is 411 Å². The summed E-state index contributed by atoms with van der Waals surface area (Å²) >= 11 is 0. The van der Waals surface area contributed by atoms with Crippen molar-refractivity contribution in [2.24, 2.45) is 5.73 Å². The molecule has 0 heterocycles. The van der Waals surface area contributed by atoms with Crippen LogP contribution < -0.4 is 5.73 Å². The first-order chi connectivity index (χ1) is 32.8. The predicted molar refractivity (Wildman–Crippen MR) is 284 cm³/mol. The Morgan fingerprint density at radius 3 is 1.22 bits per heavy atom. The van der Waals surface area contributed by atoms with Gasteiger partial charge in [-0.25, -0.2) is 4.57 Å². The molecule has 10 heteroatoms. The number of carbonyl (C=O) groups excluding carboxylic acids is 2. The minimum absolute atomic E-state index is 0.0533. The molecule has 0 saturated heterocycles. The Kier molecular flexibility index (Phi) is 50.8. The summed E-state index contributed by atoms with van der Waals surface area (Å²) in [5.74, 6) is -0.823. The first kappa shape index (κ1) is 64.5. The highest BCUT2D eigenvalue weighted by molar-refractivity contribution is 7.47. The predicted octanol–water partition coefficient (Wildman–Crippen LogP) is 17.0. The van der Waals surface area contributed by atoms with Crippen LogP contribution in [0.1, 0.15) is 245 Å². The van der Waals surface area contributed by atoms with Crippen LogP contribution in [0.4, 0.5) is 0 Å². The summed E-state index contributed by atoms with van der Waals surface area (Å²) in [4.78, 5) is 35.0. The third-order valence-electron chi connectivity index (χ3n) is 11.6. The van der Waals surface area contributed by atoms with Crippen molar-refractivity contribution in [2.75, 3.05) is 26.4 Å². The van der Waals surface area contributed by atoms with E-state index in [0.29, 0.717) is 6.42 Å². The first-order valence-electron chi connectivity index (χ1n) is 27.4. The molecule has 0 spiro atoms. The summed E-state index contributed by atoms with van der Waals surface area (Å²) in [6.45, 7) is 3.63. The molecule has 0 bridgehead atoms. The van der Waals surface area contributed by atoms with Gasteiger partial charge in [0.25, 0.3) is 0 Å².